The predicted octanol–water partition coefficient (Wildman–Crippen LogP) is 3.44. The summed E-state index contributed by atoms with van der Waals surface area (Å²) in [6.07, 6.45) is 5.75. The second-order valence-corrected chi connectivity index (χ2v) is 8.92. The Morgan fingerprint density at radius 1 is 1.28 bits per heavy atom. The molecule has 1 aromatic rings. The molecule has 0 radical (unpaired) electrons. The third kappa shape index (κ3) is 10.7. The summed E-state index contributed by atoms with van der Waals surface area (Å²) in [6, 6.07) is 7.80. The van der Waals surface area contributed by atoms with Gasteiger partial charge in [0.2, 0.25) is 5.91 Å². The number of carbonyl (C=O) groups excluding carboxylic acids is 1. The molecule has 1 saturated carbocycles. The highest BCUT2D eigenvalue weighted by Gasteiger charge is 2.40. The maximum atomic E-state index is 14.3. The Morgan fingerprint density at radius 2 is 2.00 bits per heavy atom. The lowest BCUT2D eigenvalue weighted by molar-refractivity contribution is -0.758. The number of rotatable bonds is 15. The number of para-hydroxylation sites is 1. The van der Waals surface area contributed by atoms with Gasteiger partial charge in [0, 0.05) is 24.8 Å². The number of aliphatic hydroxyl groups is 2. The van der Waals surface area contributed by atoms with Crippen molar-refractivity contribution in [2.75, 3.05) is 13.2 Å². The number of unbranched alkanes of at least 4 members (excludes halogenated alkanes) is 1. The summed E-state index contributed by atoms with van der Waals surface area (Å²) < 4.78 is 33.7. The van der Waals surface area contributed by atoms with Gasteiger partial charge < -0.3 is 25.1 Å². The molecule has 0 bridgehead atoms. The highest BCUT2D eigenvalue weighted by atomic mass is 19.3. The third-order valence-corrected chi connectivity index (χ3v) is 5.84. The fraction of sp³-hybridized carbons (Fsp3) is 0.560. The summed E-state index contributed by atoms with van der Waals surface area (Å²) in [4.78, 5) is 26.2. The molecule has 11 heteroatoms. The Bertz CT molecular complexity index is 882. The number of aliphatic hydroxyl groups excluding tert-OH is 2. The van der Waals surface area contributed by atoms with Gasteiger partial charge in [-0.05, 0) is 50.3 Å². The van der Waals surface area contributed by atoms with Gasteiger partial charge in [-0.1, -0.05) is 36.4 Å². The van der Waals surface area contributed by atoms with E-state index in [9.17, 15) is 33.9 Å². The van der Waals surface area contributed by atoms with E-state index in [1.54, 1.807) is 37.3 Å². The second-order valence-electron chi connectivity index (χ2n) is 8.92. The first-order valence-corrected chi connectivity index (χ1v) is 11.9. The van der Waals surface area contributed by atoms with Crippen molar-refractivity contribution in [1.29, 1.82) is 0 Å². The number of allylic oxidation sites excluding steroid dienone is 2. The van der Waals surface area contributed by atoms with Crippen molar-refractivity contribution in [2.24, 2.45) is 11.8 Å². The van der Waals surface area contributed by atoms with Crippen LogP contribution in [0.15, 0.2) is 54.6 Å². The lowest BCUT2D eigenvalue weighted by Gasteiger charge is -2.20. The van der Waals surface area contributed by atoms with Crippen LogP contribution in [-0.4, -0.2) is 58.6 Å². The van der Waals surface area contributed by atoms with Crippen molar-refractivity contribution < 1.29 is 38.4 Å². The fourth-order valence-electron chi connectivity index (χ4n) is 4.02. The van der Waals surface area contributed by atoms with Crippen LogP contribution in [-0.2, 0) is 9.63 Å². The number of hydrogen-bond acceptors (Lipinski definition) is 7. The van der Waals surface area contributed by atoms with E-state index in [1.165, 1.54) is 6.08 Å². The second kappa shape index (κ2) is 14.5. The molecule has 0 saturated heterocycles. The number of ether oxygens (including phenoxy) is 1. The number of benzene rings is 1. The predicted molar refractivity (Wildman–Crippen MR) is 128 cm³/mol. The van der Waals surface area contributed by atoms with Gasteiger partial charge >= 0.3 is 0 Å². The van der Waals surface area contributed by atoms with E-state index in [-0.39, 0.29) is 25.4 Å². The van der Waals surface area contributed by atoms with Gasteiger partial charge in [0.15, 0.2) is 6.61 Å². The molecule has 1 aliphatic rings. The molecule has 200 valence electrons. The number of amides is 1. The van der Waals surface area contributed by atoms with Gasteiger partial charge in [0.1, 0.15) is 12.4 Å². The molecule has 5 atom stereocenters. The lowest BCUT2D eigenvalue weighted by atomic mass is 9.89. The van der Waals surface area contributed by atoms with Crippen molar-refractivity contribution in [3.63, 3.8) is 0 Å². The van der Waals surface area contributed by atoms with Crippen LogP contribution in [0.25, 0.3) is 0 Å². The summed E-state index contributed by atoms with van der Waals surface area (Å²) in [7, 11) is 0. The molecular formula is C25H34F2N2O7. The number of hydrogen-bond donors (Lipinski definition) is 3. The van der Waals surface area contributed by atoms with Crippen molar-refractivity contribution in [3.05, 3.63) is 64.8 Å². The smallest absolute Gasteiger partial charge is 0.299 e. The highest BCUT2D eigenvalue weighted by Crippen LogP contribution is 2.37. The van der Waals surface area contributed by atoms with Gasteiger partial charge in [-0.25, -0.2) is 0 Å². The van der Waals surface area contributed by atoms with Crippen LogP contribution in [0, 0.1) is 22.0 Å². The van der Waals surface area contributed by atoms with E-state index < -0.39 is 47.7 Å². The average molecular weight is 513 g/mol. The number of halogens is 2. The standard InChI is InChI=1S/C25H34F2N2O7/c1-18(16-36-29(33)34)28-24(32)12-8-3-2-7-11-20-21(23(31)15-22(20)30)13-14-25(26,27)17-35-19-9-5-4-6-10-19/h2,4-7,9-10,13-14,18,20-23,30-31H,3,8,11-12,15-17H2,1H3,(H,28,32)/b7-2-,14-13+/t18?,20-,21-,22+,23-/m1/s1. The largest absolute Gasteiger partial charge is 0.487 e. The zero-order valence-electron chi connectivity index (χ0n) is 20.2. The van der Waals surface area contributed by atoms with Crippen LogP contribution >= 0.6 is 0 Å². The van der Waals surface area contributed by atoms with Crippen molar-refractivity contribution >= 4 is 5.91 Å². The number of nitrogens with zero attached hydrogens (tertiary/aromatic N) is 1. The minimum Gasteiger partial charge on any atom is -0.487 e. The van der Waals surface area contributed by atoms with E-state index in [0.29, 0.717) is 25.0 Å². The topological polar surface area (TPSA) is 131 Å². The van der Waals surface area contributed by atoms with Crippen LogP contribution in [0.2, 0.25) is 0 Å². The van der Waals surface area contributed by atoms with Gasteiger partial charge in [-0.2, -0.15) is 8.78 Å². The van der Waals surface area contributed by atoms with E-state index in [1.807, 2.05) is 12.2 Å². The zero-order chi connectivity index (χ0) is 26.6. The van der Waals surface area contributed by atoms with Crippen LogP contribution in [0.1, 0.15) is 39.0 Å². The van der Waals surface area contributed by atoms with Gasteiger partial charge in [-0.3, -0.25) is 4.79 Å². The molecule has 1 fully saturated rings. The highest BCUT2D eigenvalue weighted by molar-refractivity contribution is 5.76. The molecule has 0 heterocycles. The molecule has 0 aromatic heterocycles. The molecule has 1 aliphatic carbocycles. The van der Waals surface area contributed by atoms with Crippen LogP contribution < -0.4 is 10.1 Å². The third-order valence-electron chi connectivity index (χ3n) is 5.84. The molecule has 9 nitrogen and oxygen atoms in total. The number of nitrogens with one attached hydrogen (secondary N) is 1. The zero-order valence-corrected chi connectivity index (χ0v) is 20.2. The van der Waals surface area contributed by atoms with Gasteiger partial charge in [0.25, 0.3) is 11.0 Å². The molecule has 1 unspecified atom stereocenters. The van der Waals surface area contributed by atoms with Crippen molar-refractivity contribution in [2.45, 2.75) is 63.2 Å². The van der Waals surface area contributed by atoms with Crippen LogP contribution in [0.5, 0.6) is 5.75 Å². The molecule has 0 spiro atoms. The maximum Gasteiger partial charge on any atom is 0.299 e. The summed E-state index contributed by atoms with van der Waals surface area (Å²) in [5, 5.41) is 32.4. The Kier molecular flexibility index (Phi) is 11.7. The van der Waals surface area contributed by atoms with E-state index in [4.69, 9.17) is 4.74 Å². The summed E-state index contributed by atoms with van der Waals surface area (Å²) in [5.41, 5.74) is 0. The minimum atomic E-state index is -3.24. The Hall–Kier alpha value is -3.05. The average Bonchev–Trinajstić information content (AvgIpc) is 3.10. The molecule has 36 heavy (non-hydrogen) atoms. The quantitative estimate of drug-likeness (QED) is 0.142. The van der Waals surface area contributed by atoms with E-state index >= 15 is 0 Å². The van der Waals surface area contributed by atoms with E-state index in [0.717, 1.165) is 6.08 Å². The SMILES string of the molecule is CC(CO[N+](=O)[O-])NC(=O)CCC/C=C\C[C@@H]1[C@@H](/C=C/C(F)(F)COc2ccccc2)[C@H](O)C[C@@H]1O. The molecule has 1 aromatic carbocycles. The first kappa shape index (κ1) is 29.2. The Balaban J connectivity index is 1.76. The summed E-state index contributed by atoms with van der Waals surface area (Å²) in [6.45, 7) is 0.536. The van der Waals surface area contributed by atoms with Gasteiger partial charge in [-0.15, -0.1) is 10.1 Å². The minimum absolute atomic E-state index is 0.109. The maximum absolute atomic E-state index is 14.3. The molecule has 2 rings (SSSR count). The van der Waals surface area contributed by atoms with Crippen LogP contribution in [0.3, 0.4) is 0 Å². The normalized spacial score (nSPS) is 23.1. The fourth-order valence-corrected chi connectivity index (χ4v) is 4.02. The molecule has 3 N–H and O–H groups in total. The lowest BCUT2D eigenvalue weighted by Crippen LogP contribution is -2.36. The van der Waals surface area contributed by atoms with E-state index in [2.05, 4.69) is 10.2 Å². The first-order chi connectivity index (χ1) is 17.1. The summed E-state index contributed by atoms with van der Waals surface area (Å²) >= 11 is 0. The molecular weight excluding hydrogens is 478 g/mol. The Morgan fingerprint density at radius 3 is 2.69 bits per heavy atom. The monoisotopic (exact) mass is 512 g/mol. The van der Waals surface area contributed by atoms with Crippen molar-refractivity contribution in [1.82, 2.24) is 5.32 Å². The van der Waals surface area contributed by atoms with Gasteiger partial charge in [0.05, 0.1) is 12.2 Å². The first-order valence-electron chi connectivity index (χ1n) is 11.9. The van der Waals surface area contributed by atoms with Crippen molar-refractivity contribution in [3.8, 4) is 5.75 Å². The molecule has 0 aliphatic heterocycles. The summed E-state index contributed by atoms with van der Waals surface area (Å²) in [5.74, 6) is -4.19. The van der Waals surface area contributed by atoms with Crippen LogP contribution in [0.4, 0.5) is 8.78 Å². The number of alkyl halides is 2. The molecule has 1 amide bonds. The Labute approximate surface area is 208 Å². The number of carbonyl (C=O) groups is 1.